The molecule has 0 amide bonds. The molecular weight excluding hydrogens is 224 g/mol. The minimum atomic E-state index is 0.377. The molecule has 102 valence electrons. The largest absolute Gasteiger partial charge is 0.466 e. The Kier molecular flexibility index (Phi) is 4.46. The van der Waals surface area contributed by atoms with Crippen molar-refractivity contribution in [1.29, 1.82) is 0 Å². The van der Waals surface area contributed by atoms with E-state index in [0.29, 0.717) is 12.1 Å². The van der Waals surface area contributed by atoms with E-state index in [1.165, 1.54) is 31.5 Å². The number of hydrogen-bond donors (Lipinski definition) is 1. The van der Waals surface area contributed by atoms with Crippen LogP contribution in [-0.4, -0.2) is 30.6 Å². The number of nitrogens with zero attached hydrogens (tertiary/aromatic N) is 1. The zero-order valence-corrected chi connectivity index (χ0v) is 12.1. The molecular formula is C15H26N2O. The van der Waals surface area contributed by atoms with Crippen LogP contribution in [0.5, 0.6) is 0 Å². The minimum Gasteiger partial charge on any atom is -0.466 e. The third-order valence-corrected chi connectivity index (χ3v) is 4.11. The minimum absolute atomic E-state index is 0.377. The van der Waals surface area contributed by atoms with Gasteiger partial charge >= 0.3 is 0 Å². The van der Waals surface area contributed by atoms with Crippen LogP contribution in [0.2, 0.25) is 0 Å². The van der Waals surface area contributed by atoms with Crippen molar-refractivity contribution in [3.8, 4) is 0 Å². The van der Waals surface area contributed by atoms with Crippen molar-refractivity contribution in [1.82, 2.24) is 10.2 Å². The second-order valence-electron chi connectivity index (χ2n) is 5.42. The number of nitrogens with one attached hydrogen (secondary N) is 1. The fraction of sp³-hybridized carbons (Fsp3) is 0.733. The normalized spacial score (nSPS) is 22.6. The highest BCUT2D eigenvalue weighted by Gasteiger charge is 2.23. The number of likely N-dealkylation sites (tertiary alicyclic amines) is 1. The zero-order chi connectivity index (χ0) is 13.1. The van der Waals surface area contributed by atoms with Gasteiger partial charge in [0.25, 0.3) is 0 Å². The zero-order valence-electron chi connectivity index (χ0n) is 12.1. The van der Waals surface area contributed by atoms with Crippen LogP contribution in [-0.2, 0) is 0 Å². The Balaban J connectivity index is 1.88. The first-order chi connectivity index (χ1) is 8.61. The number of rotatable bonds is 5. The third-order valence-electron chi connectivity index (χ3n) is 4.11. The quantitative estimate of drug-likeness (QED) is 0.870. The number of furan rings is 1. The number of hydrogen-bond acceptors (Lipinski definition) is 3. The first-order valence-corrected chi connectivity index (χ1v) is 7.16. The standard InChI is InChI=1S/C15H26N2O/c1-5-17-8-6-7-14(17)10-16-12(3)15-9-11(2)18-13(15)4/h9,12,14,16H,5-8,10H2,1-4H3. The fourth-order valence-electron chi connectivity index (χ4n) is 3.05. The maximum absolute atomic E-state index is 5.60. The molecule has 0 spiro atoms. The van der Waals surface area contributed by atoms with Crippen LogP contribution in [0.15, 0.2) is 10.5 Å². The summed E-state index contributed by atoms with van der Waals surface area (Å²) in [5.74, 6) is 2.05. The van der Waals surface area contributed by atoms with E-state index in [0.717, 1.165) is 18.1 Å². The van der Waals surface area contributed by atoms with Crippen molar-refractivity contribution in [3.63, 3.8) is 0 Å². The van der Waals surface area contributed by atoms with Gasteiger partial charge in [-0.25, -0.2) is 0 Å². The van der Waals surface area contributed by atoms with Gasteiger partial charge in [0, 0.05) is 24.2 Å². The summed E-state index contributed by atoms with van der Waals surface area (Å²) >= 11 is 0. The Labute approximate surface area is 111 Å². The van der Waals surface area contributed by atoms with Crippen LogP contribution in [0.25, 0.3) is 0 Å². The lowest BCUT2D eigenvalue weighted by Crippen LogP contribution is -2.38. The van der Waals surface area contributed by atoms with E-state index >= 15 is 0 Å². The molecule has 2 heterocycles. The van der Waals surface area contributed by atoms with Gasteiger partial charge in [-0.05, 0) is 52.8 Å². The van der Waals surface area contributed by atoms with E-state index in [4.69, 9.17) is 4.42 Å². The van der Waals surface area contributed by atoms with Crippen LogP contribution in [0.1, 0.15) is 49.8 Å². The molecule has 1 aromatic heterocycles. The van der Waals surface area contributed by atoms with Crippen molar-refractivity contribution < 1.29 is 4.42 Å². The molecule has 0 aliphatic carbocycles. The van der Waals surface area contributed by atoms with E-state index in [9.17, 15) is 0 Å². The summed E-state index contributed by atoms with van der Waals surface area (Å²) in [5.41, 5.74) is 1.30. The summed E-state index contributed by atoms with van der Waals surface area (Å²) in [6.07, 6.45) is 2.68. The Bertz CT molecular complexity index is 386. The topological polar surface area (TPSA) is 28.4 Å². The Hall–Kier alpha value is -0.800. The van der Waals surface area contributed by atoms with E-state index < -0.39 is 0 Å². The summed E-state index contributed by atoms with van der Waals surface area (Å²) in [6, 6.07) is 3.24. The van der Waals surface area contributed by atoms with Crippen molar-refractivity contribution in [3.05, 3.63) is 23.2 Å². The molecule has 1 fully saturated rings. The molecule has 1 saturated heterocycles. The third kappa shape index (κ3) is 2.96. The highest BCUT2D eigenvalue weighted by molar-refractivity contribution is 5.23. The Morgan fingerprint density at radius 2 is 2.28 bits per heavy atom. The van der Waals surface area contributed by atoms with Crippen LogP contribution in [0.3, 0.4) is 0 Å². The lowest BCUT2D eigenvalue weighted by atomic mass is 10.1. The van der Waals surface area contributed by atoms with Crippen LogP contribution in [0, 0.1) is 13.8 Å². The average molecular weight is 250 g/mol. The Morgan fingerprint density at radius 3 is 2.89 bits per heavy atom. The molecule has 2 atom stereocenters. The van der Waals surface area contributed by atoms with Gasteiger partial charge in [-0.2, -0.15) is 0 Å². The van der Waals surface area contributed by atoms with Gasteiger partial charge in [0.2, 0.25) is 0 Å². The highest BCUT2D eigenvalue weighted by Crippen LogP contribution is 2.22. The van der Waals surface area contributed by atoms with Gasteiger partial charge in [0.15, 0.2) is 0 Å². The molecule has 0 aromatic carbocycles. The molecule has 3 heteroatoms. The summed E-state index contributed by atoms with van der Waals surface area (Å²) < 4.78 is 5.60. The van der Waals surface area contributed by atoms with Crippen molar-refractivity contribution in [2.45, 2.75) is 52.6 Å². The van der Waals surface area contributed by atoms with Gasteiger partial charge in [0.1, 0.15) is 11.5 Å². The van der Waals surface area contributed by atoms with Gasteiger partial charge < -0.3 is 9.73 Å². The summed E-state index contributed by atoms with van der Waals surface area (Å²) in [6.45, 7) is 12.1. The monoisotopic (exact) mass is 250 g/mol. The first kappa shape index (κ1) is 13.6. The van der Waals surface area contributed by atoms with Crippen LogP contribution < -0.4 is 5.32 Å². The lowest BCUT2D eigenvalue weighted by molar-refractivity contribution is 0.255. The SMILES string of the molecule is CCN1CCCC1CNC(C)c1cc(C)oc1C. The molecule has 0 saturated carbocycles. The molecule has 2 rings (SSSR count). The second kappa shape index (κ2) is 5.89. The van der Waals surface area contributed by atoms with Gasteiger partial charge in [-0.3, -0.25) is 4.90 Å². The van der Waals surface area contributed by atoms with E-state index in [-0.39, 0.29) is 0 Å². The average Bonchev–Trinajstić information content (AvgIpc) is 2.92. The van der Waals surface area contributed by atoms with Crippen molar-refractivity contribution in [2.24, 2.45) is 0 Å². The predicted octanol–water partition coefficient (Wildman–Crippen LogP) is 3.03. The summed E-state index contributed by atoms with van der Waals surface area (Å²) in [5, 5.41) is 3.66. The molecule has 1 aliphatic heterocycles. The van der Waals surface area contributed by atoms with Crippen LogP contribution in [0.4, 0.5) is 0 Å². The number of aryl methyl sites for hydroxylation is 2. The van der Waals surface area contributed by atoms with E-state index in [2.05, 4.69) is 37.1 Å². The molecule has 1 aliphatic rings. The van der Waals surface area contributed by atoms with Gasteiger partial charge in [-0.1, -0.05) is 6.92 Å². The van der Waals surface area contributed by atoms with Gasteiger partial charge in [-0.15, -0.1) is 0 Å². The van der Waals surface area contributed by atoms with Crippen LogP contribution >= 0.6 is 0 Å². The maximum atomic E-state index is 5.60. The number of likely N-dealkylation sites (N-methyl/N-ethyl adjacent to an activating group) is 1. The van der Waals surface area contributed by atoms with Gasteiger partial charge in [0.05, 0.1) is 0 Å². The van der Waals surface area contributed by atoms with Crippen molar-refractivity contribution in [2.75, 3.05) is 19.6 Å². The maximum Gasteiger partial charge on any atom is 0.105 e. The second-order valence-corrected chi connectivity index (χ2v) is 5.42. The molecule has 1 N–H and O–H groups in total. The summed E-state index contributed by atoms with van der Waals surface area (Å²) in [7, 11) is 0. The summed E-state index contributed by atoms with van der Waals surface area (Å²) in [4.78, 5) is 2.58. The molecule has 1 aromatic rings. The smallest absolute Gasteiger partial charge is 0.105 e. The molecule has 0 bridgehead atoms. The Morgan fingerprint density at radius 1 is 1.50 bits per heavy atom. The van der Waals surface area contributed by atoms with E-state index in [1.54, 1.807) is 0 Å². The lowest BCUT2D eigenvalue weighted by Gasteiger charge is -2.24. The molecule has 3 nitrogen and oxygen atoms in total. The van der Waals surface area contributed by atoms with Crippen molar-refractivity contribution >= 4 is 0 Å². The molecule has 18 heavy (non-hydrogen) atoms. The fourth-order valence-corrected chi connectivity index (χ4v) is 3.05. The highest BCUT2D eigenvalue weighted by atomic mass is 16.3. The molecule has 2 unspecified atom stereocenters. The molecule has 0 radical (unpaired) electrons. The van der Waals surface area contributed by atoms with E-state index in [1.807, 2.05) is 6.92 Å². The predicted molar refractivity (Wildman–Crippen MR) is 74.9 cm³/mol. The first-order valence-electron chi connectivity index (χ1n) is 7.16.